The van der Waals surface area contributed by atoms with Crippen molar-refractivity contribution in [2.45, 2.75) is 11.8 Å². The fourth-order valence-corrected chi connectivity index (χ4v) is 3.29. The van der Waals surface area contributed by atoms with Crippen molar-refractivity contribution in [2.24, 2.45) is 10.2 Å². The minimum absolute atomic E-state index is 0.0231. The number of fused-ring (bicyclic) bond motifs is 1. The summed E-state index contributed by atoms with van der Waals surface area (Å²) in [6, 6.07) is 13.1. The van der Waals surface area contributed by atoms with Gasteiger partial charge in [0.05, 0.1) is 10.6 Å². The zero-order valence-corrected chi connectivity index (χ0v) is 15.1. The van der Waals surface area contributed by atoms with E-state index in [0.29, 0.717) is 27.8 Å². The fraction of sp³-hybridized carbons (Fsp3) is 0.111. The third kappa shape index (κ3) is 3.37. The summed E-state index contributed by atoms with van der Waals surface area (Å²) < 4.78 is 26.2. The van der Waals surface area contributed by atoms with E-state index < -0.39 is 10.0 Å². The van der Waals surface area contributed by atoms with Crippen LogP contribution in [0.1, 0.15) is 5.56 Å². The van der Waals surface area contributed by atoms with Crippen molar-refractivity contribution in [1.29, 1.82) is 0 Å². The van der Waals surface area contributed by atoms with E-state index in [1.54, 1.807) is 36.4 Å². The van der Waals surface area contributed by atoms with Gasteiger partial charge in [-0.2, -0.15) is 0 Å². The number of hydrogen-bond donors (Lipinski definition) is 3. The van der Waals surface area contributed by atoms with E-state index in [1.807, 2.05) is 13.0 Å². The van der Waals surface area contributed by atoms with Crippen LogP contribution in [0.4, 0.5) is 17.1 Å². The minimum atomic E-state index is -3.55. The predicted molar refractivity (Wildman–Crippen MR) is 102 cm³/mol. The van der Waals surface area contributed by atoms with Crippen LogP contribution in [0.3, 0.4) is 0 Å². The number of azo groups is 1. The first-order valence-corrected chi connectivity index (χ1v) is 9.27. The van der Waals surface area contributed by atoms with Crippen LogP contribution in [0, 0.1) is 6.92 Å². The number of benzene rings is 3. The third-order valence-electron chi connectivity index (χ3n) is 3.96. The number of aromatic hydroxyl groups is 1. The molecule has 0 radical (unpaired) electrons. The van der Waals surface area contributed by atoms with E-state index in [-0.39, 0.29) is 10.6 Å². The molecule has 0 aliphatic heterocycles. The first kappa shape index (κ1) is 17.8. The highest BCUT2D eigenvalue weighted by molar-refractivity contribution is 7.89. The maximum absolute atomic E-state index is 12.0. The van der Waals surface area contributed by atoms with Crippen LogP contribution in [-0.2, 0) is 10.0 Å². The topological polar surface area (TPSA) is 117 Å². The predicted octanol–water partition coefficient (Wildman–Crippen LogP) is 3.76. The Morgan fingerprint density at radius 2 is 1.81 bits per heavy atom. The monoisotopic (exact) mass is 370 g/mol. The second-order valence-electron chi connectivity index (χ2n) is 5.79. The summed E-state index contributed by atoms with van der Waals surface area (Å²) in [4.78, 5) is 0.149. The highest BCUT2D eigenvalue weighted by atomic mass is 32.2. The quantitative estimate of drug-likeness (QED) is 0.479. The highest BCUT2D eigenvalue weighted by Gasteiger charge is 2.13. The normalized spacial score (nSPS) is 12.1. The molecular weight excluding hydrogens is 352 g/mol. The van der Waals surface area contributed by atoms with E-state index in [4.69, 9.17) is 5.73 Å². The molecule has 0 atom stereocenters. The molecule has 0 bridgehead atoms. The number of anilines is 1. The molecule has 3 aromatic carbocycles. The lowest BCUT2D eigenvalue weighted by Crippen LogP contribution is -2.18. The van der Waals surface area contributed by atoms with Gasteiger partial charge in [0.25, 0.3) is 0 Å². The van der Waals surface area contributed by atoms with E-state index in [0.717, 1.165) is 5.56 Å². The van der Waals surface area contributed by atoms with Crippen LogP contribution in [0.2, 0.25) is 0 Å². The van der Waals surface area contributed by atoms with Gasteiger partial charge in [0.2, 0.25) is 10.0 Å². The van der Waals surface area contributed by atoms with Crippen LogP contribution in [0.5, 0.6) is 5.75 Å². The van der Waals surface area contributed by atoms with Crippen LogP contribution < -0.4 is 10.5 Å². The second-order valence-corrected chi connectivity index (χ2v) is 7.67. The number of nitrogens with one attached hydrogen (secondary N) is 1. The average Bonchev–Trinajstić information content (AvgIpc) is 2.61. The Hall–Kier alpha value is -2.97. The van der Waals surface area contributed by atoms with Crippen molar-refractivity contribution in [3.8, 4) is 5.75 Å². The molecule has 0 spiro atoms. The molecule has 26 heavy (non-hydrogen) atoms. The van der Waals surface area contributed by atoms with Crippen LogP contribution in [0.15, 0.2) is 63.7 Å². The number of nitrogens with two attached hydrogens (primary N) is 1. The smallest absolute Gasteiger partial charge is 0.240 e. The van der Waals surface area contributed by atoms with Gasteiger partial charge in [0.15, 0.2) is 0 Å². The van der Waals surface area contributed by atoms with E-state index >= 15 is 0 Å². The lowest BCUT2D eigenvalue weighted by Gasteiger charge is -2.08. The van der Waals surface area contributed by atoms with Gasteiger partial charge in [-0.3, -0.25) is 0 Å². The summed E-state index contributed by atoms with van der Waals surface area (Å²) in [6.07, 6.45) is 0. The molecule has 0 fully saturated rings. The molecular formula is C18H18N4O3S. The molecule has 0 saturated carbocycles. The van der Waals surface area contributed by atoms with E-state index in [2.05, 4.69) is 15.0 Å². The molecule has 0 heterocycles. The van der Waals surface area contributed by atoms with E-state index in [1.165, 1.54) is 13.1 Å². The average molecular weight is 370 g/mol. The molecule has 0 saturated heterocycles. The van der Waals surface area contributed by atoms with Crippen LogP contribution in [0.25, 0.3) is 10.8 Å². The number of sulfonamides is 1. The largest absolute Gasteiger partial charge is 0.506 e. The summed E-state index contributed by atoms with van der Waals surface area (Å²) in [5.41, 5.74) is 8.06. The second kappa shape index (κ2) is 6.74. The fourth-order valence-electron chi connectivity index (χ4n) is 2.53. The molecule has 7 nitrogen and oxygen atoms in total. The summed E-state index contributed by atoms with van der Waals surface area (Å²) in [5.74, 6) is 0.0231. The number of aryl methyl sites for hydroxylation is 1. The SMILES string of the molecule is CNS(=O)(=O)c1ccc2c(N=Nc3ccc(C)cc3O)c(N)ccc2c1. The van der Waals surface area contributed by atoms with Crippen molar-refractivity contribution in [3.63, 3.8) is 0 Å². The maximum Gasteiger partial charge on any atom is 0.240 e. The highest BCUT2D eigenvalue weighted by Crippen LogP contribution is 2.36. The summed E-state index contributed by atoms with van der Waals surface area (Å²) in [7, 11) is -2.19. The summed E-state index contributed by atoms with van der Waals surface area (Å²) in [5, 5.41) is 19.5. The van der Waals surface area contributed by atoms with Gasteiger partial charge in [0.1, 0.15) is 17.1 Å². The lowest BCUT2D eigenvalue weighted by molar-refractivity contribution is 0.476. The first-order chi connectivity index (χ1) is 12.3. The Bertz CT molecular complexity index is 1120. The van der Waals surface area contributed by atoms with Gasteiger partial charge in [-0.15, -0.1) is 10.2 Å². The van der Waals surface area contributed by atoms with Gasteiger partial charge < -0.3 is 10.8 Å². The zero-order valence-electron chi connectivity index (χ0n) is 14.3. The number of rotatable bonds is 4. The number of phenols is 1. The van der Waals surface area contributed by atoms with Gasteiger partial charge in [-0.1, -0.05) is 18.2 Å². The molecule has 4 N–H and O–H groups in total. The Labute approximate surface area is 151 Å². The lowest BCUT2D eigenvalue weighted by atomic mass is 10.1. The van der Waals surface area contributed by atoms with Crippen molar-refractivity contribution in [2.75, 3.05) is 12.8 Å². The number of phenolic OH excluding ortho intramolecular Hbond substituents is 1. The third-order valence-corrected chi connectivity index (χ3v) is 5.37. The Balaban J connectivity index is 2.10. The number of hydrogen-bond acceptors (Lipinski definition) is 6. The van der Waals surface area contributed by atoms with Gasteiger partial charge in [-0.25, -0.2) is 13.1 Å². The van der Waals surface area contributed by atoms with E-state index in [9.17, 15) is 13.5 Å². The molecule has 8 heteroatoms. The number of nitrogen functional groups attached to an aromatic ring is 1. The molecule has 0 aromatic heterocycles. The molecule has 3 aromatic rings. The van der Waals surface area contributed by atoms with Crippen molar-refractivity contribution in [1.82, 2.24) is 4.72 Å². The van der Waals surface area contributed by atoms with Crippen molar-refractivity contribution >= 4 is 37.9 Å². The van der Waals surface area contributed by atoms with Crippen LogP contribution in [-0.4, -0.2) is 20.6 Å². The molecule has 134 valence electrons. The Morgan fingerprint density at radius 1 is 1.04 bits per heavy atom. The van der Waals surface area contributed by atoms with Gasteiger partial charge >= 0.3 is 0 Å². The zero-order chi connectivity index (χ0) is 18.9. The Morgan fingerprint density at radius 3 is 2.50 bits per heavy atom. The molecule has 0 amide bonds. The van der Waals surface area contributed by atoms with Gasteiger partial charge in [-0.05, 0) is 55.3 Å². The number of nitrogens with zero attached hydrogens (tertiary/aromatic N) is 2. The maximum atomic E-state index is 12.0. The summed E-state index contributed by atoms with van der Waals surface area (Å²) >= 11 is 0. The molecule has 0 aliphatic carbocycles. The Kier molecular flexibility index (Phi) is 4.62. The molecule has 0 unspecified atom stereocenters. The first-order valence-electron chi connectivity index (χ1n) is 7.79. The minimum Gasteiger partial charge on any atom is -0.506 e. The van der Waals surface area contributed by atoms with Crippen molar-refractivity contribution in [3.05, 3.63) is 54.1 Å². The standard InChI is InChI=1S/C18H18N4O3S/c1-11-3-8-16(17(23)9-11)21-22-18-14-6-5-13(26(24,25)20-2)10-12(14)4-7-15(18)19/h3-10,20,23H,19H2,1-2H3. The molecule has 0 aliphatic rings. The van der Waals surface area contributed by atoms with Crippen molar-refractivity contribution < 1.29 is 13.5 Å². The van der Waals surface area contributed by atoms with Crippen LogP contribution >= 0.6 is 0 Å². The molecule has 3 rings (SSSR count). The summed E-state index contributed by atoms with van der Waals surface area (Å²) in [6.45, 7) is 1.86. The van der Waals surface area contributed by atoms with Gasteiger partial charge in [0, 0.05) is 5.39 Å².